The minimum absolute atomic E-state index is 0.0910. The number of hydrogen-bond acceptors (Lipinski definition) is 2. The zero-order valence-electron chi connectivity index (χ0n) is 7.92. The van der Waals surface area contributed by atoms with Crippen LogP contribution in [0.1, 0.15) is 0 Å². The Kier molecular flexibility index (Phi) is 2.52. The second-order valence-corrected chi connectivity index (χ2v) is 3.12. The Morgan fingerprint density at radius 2 is 1.69 bits per heavy atom. The van der Waals surface area contributed by atoms with Gasteiger partial charge in [0, 0.05) is 5.56 Å². The smallest absolute Gasteiger partial charge is 0.195 e. The van der Waals surface area contributed by atoms with Crippen molar-refractivity contribution in [2.24, 2.45) is 0 Å². The summed E-state index contributed by atoms with van der Waals surface area (Å²) in [6, 6.07) is 4.50. The Hall–Kier alpha value is -2.04. The maximum absolute atomic E-state index is 13.3. The second-order valence-electron chi connectivity index (χ2n) is 3.12. The lowest BCUT2D eigenvalue weighted by atomic mass is 10.1. The number of halogens is 3. The Morgan fingerprint density at radius 3 is 2.31 bits per heavy atom. The first-order valence-corrected chi connectivity index (χ1v) is 4.38. The topological polar surface area (TPSA) is 33.1 Å². The van der Waals surface area contributed by atoms with E-state index in [0.29, 0.717) is 0 Å². The lowest BCUT2D eigenvalue weighted by Crippen LogP contribution is -1.94. The van der Waals surface area contributed by atoms with Crippen LogP contribution in [0.4, 0.5) is 13.2 Å². The fourth-order valence-electron chi connectivity index (χ4n) is 1.27. The van der Waals surface area contributed by atoms with E-state index in [2.05, 4.69) is 4.98 Å². The van der Waals surface area contributed by atoms with E-state index in [9.17, 15) is 13.2 Å². The molecule has 0 aliphatic carbocycles. The fourth-order valence-corrected chi connectivity index (χ4v) is 1.27. The van der Waals surface area contributed by atoms with Gasteiger partial charge in [0.05, 0.1) is 11.9 Å². The van der Waals surface area contributed by atoms with Gasteiger partial charge >= 0.3 is 0 Å². The highest BCUT2D eigenvalue weighted by Crippen LogP contribution is 2.25. The largest absolute Gasteiger partial charge is 0.506 e. The third-order valence-corrected chi connectivity index (χ3v) is 2.06. The van der Waals surface area contributed by atoms with Crippen molar-refractivity contribution in [3.8, 4) is 17.0 Å². The molecule has 1 aromatic heterocycles. The van der Waals surface area contributed by atoms with Crippen LogP contribution in [0, 0.1) is 17.5 Å². The summed E-state index contributed by atoms with van der Waals surface area (Å²) in [5, 5.41) is 8.98. The van der Waals surface area contributed by atoms with Crippen molar-refractivity contribution in [2.45, 2.75) is 0 Å². The third-order valence-electron chi connectivity index (χ3n) is 2.06. The van der Waals surface area contributed by atoms with Crippen LogP contribution in [0.3, 0.4) is 0 Å². The number of benzene rings is 1. The molecule has 5 heteroatoms. The quantitative estimate of drug-likeness (QED) is 0.757. The van der Waals surface area contributed by atoms with Gasteiger partial charge in [-0.3, -0.25) is 4.98 Å². The molecule has 82 valence electrons. The number of nitrogens with zero attached hydrogens (tertiary/aromatic N) is 1. The van der Waals surface area contributed by atoms with E-state index in [1.807, 2.05) is 0 Å². The van der Waals surface area contributed by atoms with Crippen molar-refractivity contribution in [2.75, 3.05) is 0 Å². The van der Waals surface area contributed by atoms with Crippen LogP contribution in [-0.4, -0.2) is 10.1 Å². The predicted molar refractivity (Wildman–Crippen MR) is 51.2 cm³/mol. The molecule has 1 N–H and O–H groups in total. The van der Waals surface area contributed by atoms with E-state index in [-0.39, 0.29) is 17.0 Å². The molecule has 1 heterocycles. The Bertz CT molecular complexity index is 525. The molecule has 0 bridgehead atoms. The fraction of sp³-hybridized carbons (Fsp3) is 0. The minimum atomic E-state index is -1.53. The highest BCUT2D eigenvalue weighted by atomic mass is 19.2. The first-order chi connectivity index (χ1) is 7.59. The van der Waals surface area contributed by atoms with Gasteiger partial charge in [-0.1, -0.05) is 0 Å². The monoisotopic (exact) mass is 225 g/mol. The lowest BCUT2D eigenvalue weighted by Gasteiger charge is -2.03. The molecule has 0 atom stereocenters. The van der Waals surface area contributed by atoms with Crippen molar-refractivity contribution in [1.29, 1.82) is 0 Å². The zero-order chi connectivity index (χ0) is 11.7. The SMILES string of the molecule is Oc1ccc(-c2ccc(F)c(F)c2F)nc1. The Labute approximate surface area is 89.0 Å². The molecule has 0 saturated carbocycles. The van der Waals surface area contributed by atoms with Crippen LogP contribution >= 0.6 is 0 Å². The predicted octanol–water partition coefficient (Wildman–Crippen LogP) is 2.87. The number of rotatable bonds is 1. The maximum Gasteiger partial charge on any atom is 0.195 e. The van der Waals surface area contributed by atoms with E-state index in [1.165, 1.54) is 12.1 Å². The standard InChI is InChI=1S/C11H6F3NO/c12-8-3-2-7(10(13)11(8)14)9-4-1-6(16)5-15-9/h1-5,16H. The van der Waals surface area contributed by atoms with Crippen LogP contribution in [0.25, 0.3) is 11.3 Å². The number of aromatic nitrogens is 1. The van der Waals surface area contributed by atoms with E-state index in [4.69, 9.17) is 5.11 Å². The molecule has 0 radical (unpaired) electrons. The molecule has 0 unspecified atom stereocenters. The van der Waals surface area contributed by atoms with Gasteiger partial charge in [-0.25, -0.2) is 13.2 Å². The summed E-state index contributed by atoms with van der Waals surface area (Å²) in [5.74, 6) is -4.17. The number of hydrogen-bond donors (Lipinski definition) is 1. The summed E-state index contributed by atoms with van der Waals surface area (Å²) in [5.41, 5.74) is -0.0342. The first kappa shape index (κ1) is 10.5. The molecule has 16 heavy (non-hydrogen) atoms. The summed E-state index contributed by atoms with van der Waals surface area (Å²) in [4.78, 5) is 3.70. The normalized spacial score (nSPS) is 10.4. The van der Waals surface area contributed by atoms with E-state index < -0.39 is 17.5 Å². The van der Waals surface area contributed by atoms with Gasteiger partial charge in [-0.2, -0.15) is 0 Å². The van der Waals surface area contributed by atoms with Crippen LogP contribution in [0.15, 0.2) is 30.5 Å². The molecule has 0 aliphatic rings. The summed E-state index contributed by atoms with van der Waals surface area (Å²) in [7, 11) is 0. The zero-order valence-corrected chi connectivity index (χ0v) is 7.92. The second kappa shape index (κ2) is 3.84. The van der Waals surface area contributed by atoms with Gasteiger partial charge in [0.25, 0.3) is 0 Å². The van der Waals surface area contributed by atoms with Crippen LogP contribution in [-0.2, 0) is 0 Å². The highest BCUT2D eigenvalue weighted by molar-refractivity contribution is 5.60. The molecule has 2 aromatic rings. The molecule has 0 saturated heterocycles. The summed E-state index contributed by atoms with van der Waals surface area (Å²) in [6.45, 7) is 0. The van der Waals surface area contributed by atoms with Gasteiger partial charge in [0.2, 0.25) is 0 Å². The molecule has 1 aromatic carbocycles. The van der Waals surface area contributed by atoms with Gasteiger partial charge in [-0.05, 0) is 24.3 Å². The van der Waals surface area contributed by atoms with Crippen LogP contribution in [0.2, 0.25) is 0 Å². The van der Waals surface area contributed by atoms with E-state index in [1.54, 1.807) is 0 Å². The Morgan fingerprint density at radius 1 is 0.938 bits per heavy atom. The van der Waals surface area contributed by atoms with E-state index >= 15 is 0 Å². The van der Waals surface area contributed by atoms with Crippen LogP contribution < -0.4 is 0 Å². The number of aromatic hydroxyl groups is 1. The molecular formula is C11H6F3NO. The van der Waals surface area contributed by atoms with Gasteiger partial charge in [0.1, 0.15) is 5.75 Å². The Balaban J connectivity index is 2.57. The first-order valence-electron chi connectivity index (χ1n) is 4.38. The van der Waals surface area contributed by atoms with E-state index in [0.717, 1.165) is 18.3 Å². The molecule has 0 aliphatic heterocycles. The molecule has 2 rings (SSSR count). The summed E-state index contributed by atoms with van der Waals surface area (Å²) in [6.07, 6.45) is 1.09. The van der Waals surface area contributed by atoms with Gasteiger partial charge in [-0.15, -0.1) is 0 Å². The van der Waals surface area contributed by atoms with Crippen molar-refractivity contribution >= 4 is 0 Å². The molecule has 0 amide bonds. The third kappa shape index (κ3) is 1.71. The van der Waals surface area contributed by atoms with Crippen LogP contribution in [0.5, 0.6) is 5.75 Å². The lowest BCUT2D eigenvalue weighted by molar-refractivity contribution is 0.448. The highest BCUT2D eigenvalue weighted by Gasteiger charge is 2.15. The van der Waals surface area contributed by atoms with Crippen molar-refractivity contribution in [1.82, 2.24) is 4.98 Å². The van der Waals surface area contributed by atoms with Crippen molar-refractivity contribution in [3.05, 3.63) is 47.9 Å². The van der Waals surface area contributed by atoms with Crippen molar-refractivity contribution < 1.29 is 18.3 Å². The maximum atomic E-state index is 13.3. The molecule has 0 fully saturated rings. The summed E-state index contributed by atoms with van der Waals surface area (Å²) >= 11 is 0. The minimum Gasteiger partial charge on any atom is -0.506 e. The van der Waals surface area contributed by atoms with Gasteiger partial charge in [0.15, 0.2) is 17.5 Å². The number of pyridine rings is 1. The average molecular weight is 225 g/mol. The molecule has 2 nitrogen and oxygen atoms in total. The average Bonchev–Trinajstić information content (AvgIpc) is 2.28. The molecule has 0 spiro atoms. The molecular weight excluding hydrogens is 219 g/mol. The summed E-state index contributed by atoms with van der Waals surface area (Å²) < 4.78 is 38.9. The van der Waals surface area contributed by atoms with Crippen molar-refractivity contribution in [3.63, 3.8) is 0 Å². The van der Waals surface area contributed by atoms with Gasteiger partial charge < -0.3 is 5.11 Å².